The van der Waals surface area contributed by atoms with Crippen molar-refractivity contribution in [2.24, 2.45) is 5.92 Å². The Labute approximate surface area is 176 Å². The zero-order valence-electron chi connectivity index (χ0n) is 17.9. The fourth-order valence-electron chi connectivity index (χ4n) is 3.04. The van der Waals surface area contributed by atoms with Gasteiger partial charge in [0, 0.05) is 27.8 Å². The molecule has 1 fully saturated rings. The van der Waals surface area contributed by atoms with Crippen molar-refractivity contribution in [3.8, 4) is 5.75 Å². The summed E-state index contributed by atoms with van der Waals surface area (Å²) in [5.41, 5.74) is 2.79. The molecule has 0 atom stereocenters. The molecule has 0 unspecified atom stereocenters. The fraction of sp³-hybridized carbons (Fsp3) is 0.455. The molecule has 0 radical (unpaired) electrons. The Kier molecular flexibility index (Phi) is 7.83. The lowest BCUT2D eigenvalue weighted by Crippen LogP contribution is -2.50. The number of carbonyl (C=O) groups is 1. The molecule has 8 heteroatoms. The summed E-state index contributed by atoms with van der Waals surface area (Å²) in [6, 6.07) is 5.71. The molecule has 5 nitrogen and oxygen atoms in total. The monoisotopic (exact) mass is 425 g/mol. The molecule has 1 aliphatic heterocycles. The van der Waals surface area contributed by atoms with Gasteiger partial charge in [0.2, 0.25) is 5.91 Å². The number of alkyl halides is 3. The number of hydrogen-bond donors (Lipinski definition) is 1. The van der Waals surface area contributed by atoms with Gasteiger partial charge in [0.15, 0.2) is 0 Å². The average molecular weight is 425 g/mol. The van der Waals surface area contributed by atoms with E-state index in [0.29, 0.717) is 5.75 Å². The SMILES string of the molecule is CNC(=O)C1CN(C)C1.Cc1ccc(OCc2cc(C(F)(F)F)ccn2)c(C)c1C.[HH]. The molecule has 0 saturated carbocycles. The second-order valence-electron chi connectivity index (χ2n) is 7.49. The van der Waals surface area contributed by atoms with Crippen LogP contribution in [0.4, 0.5) is 13.2 Å². The fourth-order valence-corrected chi connectivity index (χ4v) is 3.04. The molecule has 1 aromatic carbocycles. The molecule has 3 rings (SSSR count). The van der Waals surface area contributed by atoms with Crippen molar-refractivity contribution in [1.82, 2.24) is 15.2 Å². The van der Waals surface area contributed by atoms with Crippen LogP contribution in [0.3, 0.4) is 0 Å². The van der Waals surface area contributed by atoms with Crippen molar-refractivity contribution in [3.05, 3.63) is 58.4 Å². The van der Waals surface area contributed by atoms with E-state index in [0.717, 1.165) is 48.1 Å². The number of amides is 1. The summed E-state index contributed by atoms with van der Waals surface area (Å²) in [6.07, 6.45) is -3.22. The number of aromatic nitrogens is 1. The average Bonchev–Trinajstić information content (AvgIpc) is 2.68. The zero-order chi connectivity index (χ0) is 22.5. The highest BCUT2D eigenvalue weighted by atomic mass is 19.4. The maximum absolute atomic E-state index is 12.6. The molecule has 2 aromatic rings. The lowest BCUT2D eigenvalue weighted by atomic mass is 10.0. The molecule has 1 N–H and O–H groups in total. The molecule has 0 aliphatic carbocycles. The Hall–Kier alpha value is -2.61. The van der Waals surface area contributed by atoms with Crippen molar-refractivity contribution < 1.29 is 24.1 Å². The van der Waals surface area contributed by atoms with Gasteiger partial charge in [-0.3, -0.25) is 9.78 Å². The number of aryl methyl sites for hydroxylation is 1. The van der Waals surface area contributed by atoms with E-state index in [-0.39, 0.29) is 25.6 Å². The van der Waals surface area contributed by atoms with E-state index in [9.17, 15) is 18.0 Å². The maximum Gasteiger partial charge on any atom is 0.416 e. The maximum atomic E-state index is 12.6. The van der Waals surface area contributed by atoms with E-state index in [4.69, 9.17) is 4.74 Å². The number of halogens is 3. The third-order valence-corrected chi connectivity index (χ3v) is 5.21. The first kappa shape index (κ1) is 23.7. The van der Waals surface area contributed by atoms with Crippen molar-refractivity contribution in [2.75, 3.05) is 27.2 Å². The van der Waals surface area contributed by atoms with Crippen molar-refractivity contribution >= 4 is 5.91 Å². The van der Waals surface area contributed by atoms with Crippen LogP contribution < -0.4 is 10.1 Å². The van der Waals surface area contributed by atoms with Gasteiger partial charge in [-0.2, -0.15) is 13.2 Å². The quantitative estimate of drug-likeness (QED) is 0.800. The van der Waals surface area contributed by atoms with Crippen LogP contribution in [0.1, 0.15) is 29.4 Å². The van der Waals surface area contributed by atoms with Gasteiger partial charge in [-0.05, 0) is 62.7 Å². The van der Waals surface area contributed by atoms with Crippen LogP contribution in [0, 0.1) is 26.7 Å². The molecular weight excluding hydrogens is 395 g/mol. The molecule has 1 amide bonds. The van der Waals surface area contributed by atoms with Gasteiger partial charge in [-0.15, -0.1) is 0 Å². The van der Waals surface area contributed by atoms with E-state index in [1.165, 1.54) is 0 Å². The van der Waals surface area contributed by atoms with E-state index >= 15 is 0 Å². The number of ether oxygens (including phenoxy) is 1. The summed E-state index contributed by atoms with van der Waals surface area (Å²) in [5, 5.41) is 2.62. The van der Waals surface area contributed by atoms with Gasteiger partial charge < -0.3 is 15.0 Å². The second-order valence-corrected chi connectivity index (χ2v) is 7.49. The molecule has 166 valence electrons. The summed E-state index contributed by atoms with van der Waals surface area (Å²) in [6.45, 7) is 7.75. The molecule has 1 aliphatic rings. The van der Waals surface area contributed by atoms with Gasteiger partial charge in [0.25, 0.3) is 0 Å². The third kappa shape index (κ3) is 6.19. The van der Waals surface area contributed by atoms with E-state index in [1.54, 1.807) is 7.05 Å². The molecule has 30 heavy (non-hydrogen) atoms. The number of nitrogens with zero attached hydrogens (tertiary/aromatic N) is 2. The van der Waals surface area contributed by atoms with E-state index in [1.807, 2.05) is 40.0 Å². The topological polar surface area (TPSA) is 54.5 Å². The lowest BCUT2D eigenvalue weighted by Gasteiger charge is -2.34. The minimum atomic E-state index is -4.37. The minimum absolute atomic E-state index is 0. The highest BCUT2D eigenvalue weighted by Crippen LogP contribution is 2.29. The van der Waals surface area contributed by atoms with Crippen LogP contribution >= 0.6 is 0 Å². The Morgan fingerprint density at radius 3 is 2.47 bits per heavy atom. The van der Waals surface area contributed by atoms with Crippen LogP contribution in [0.15, 0.2) is 30.5 Å². The summed E-state index contributed by atoms with van der Waals surface area (Å²) in [4.78, 5) is 16.8. The van der Waals surface area contributed by atoms with Crippen LogP contribution in [-0.2, 0) is 17.6 Å². The number of nitrogens with one attached hydrogen (secondary N) is 1. The van der Waals surface area contributed by atoms with Crippen LogP contribution in [0.2, 0.25) is 0 Å². The Morgan fingerprint density at radius 1 is 1.23 bits per heavy atom. The highest BCUT2D eigenvalue weighted by Gasteiger charge is 2.30. The summed E-state index contributed by atoms with van der Waals surface area (Å²) < 4.78 is 43.5. The van der Waals surface area contributed by atoms with Crippen molar-refractivity contribution in [3.63, 3.8) is 0 Å². The summed E-state index contributed by atoms with van der Waals surface area (Å²) in [7, 11) is 3.69. The Balaban J connectivity index is 0.000000404. The Bertz CT molecular complexity index is 885. The van der Waals surface area contributed by atoms with Gasteiger partial charge in [0.1, 0.15) is 12.4 Å². The third-order valence-electron chi connectivity index (χ3n) is 5.21. The normalized spacial score (nSPS) is 14.4. The standard InChI is InChI=1S/C16H16F3NO.C6H12N2O.H2/c1-10-4-5-15(12(3)11(10)2)21-9-14-8-13(6-7-20-14)16(17,18)19;1-7-6(9)5-3-8(2)4-5;/h4-8H,9H2,1-3H3;5H,3-4H2,1-2H3,(H,7,9);1H. The predicted molar refractivity (Wildman–Crippen MR) is 111 cm³/mol. The summed E-state index contributed by atoms with van der Waals surface area (Å²) >= 11 is 0. The molecular formula is C22H30F3N3O2. The molecule has 0 bridgehead atoms. The van der Waals surface area contributed by atoms with Crippen molar-refractivity contribution in [2.45, 2.75) is 33.6 Å². The molecule has 0 spiro atoms. The first-order valence-electron chi connectivity index (χ1n) is 9.64. The number of hydrogen-bond acceptors (Lipinski definition) is 4. The van der Waals surface area contributed by atoms with Crippen LogP contribution in [0.25, 0.3) is 0 Å². The first-order chi connectivity index (χ1) is 14.0. The summed E-state index contributed by atoms with van der Waals surface area (Å²) in [5.74, 6) is 1.09. The van der Waals surface area contributed by atoms with E-state index in [2.05, 4.69) is 15.2 Å². The van der Waals surface area contributed by atoms with Gasteiger partial charge in [-0.1, -0.05) is 6.07 Å². The zero-order valence-corrected chi connectivity index (χ0v) is 17.9. The molecule has 1 saturated heterocycles. The van der Waals surface area contributed by atoms with Gasteiger partial charge in [-0.25, -0.2) is 0 Å². The number of rotatable bonds is 4. The van der Waals surface area contributed by atoms with E-state index < -0.39 is 11.7 Å². The van der Waals surface area contributed by atoms with Crippen LogP contribution in [0.5, 0.6) is 5.75 Å². The smallest absolute Gasteiger partial charge is 0.416 e. The number of pyridine rings is 1. The first-order valence-corrected chi connectivity index (χ1v) is 9.64. The number of likely N-dealkylation sites (tertiary alicyclic amines) is 1. The van der Waals surface area contributed by atoms with Gasteiger partial charge >= 0.3 is 6.18 Å². The minimum Gasteiger partial charge on any atom is -0.487 e. The predicted octanol–water partition coefficient (Wildman–Crippen LogP) is 4.14. The number of carbonyl (C=O) groups excluding carboxylic acids is 1. The Morgan fingerprint density at radius 2 is 1.90 bits per heavy atom. The van der Waals surface area contributed by atoms with Crippen molar-refractivity contribution in [1.29, 1.82) is 0 Å². The van der Waals surface area contributed by atoms with Crippen LogP contribution in [-0.4, -0.2) is 43.0 Å². The second kappa shape index (κ2) is 9.93. The molecule has 2 heterocycles. The number of benzene rings is 1. The molecule has 1 aromatic heterocycles. The largest absolute Gasteiger partial charge is 0.487 e. The highest BCUT2D eigenvalue weighted by molar-refractivity contribution is 5.79. The van der Waals surface area contributed by atoms with Gasteiger partial charge in [0.05, 0.1) is 17.2 Å². The lowest BCUT2D eigenvalue weighted by molar-refractivity contribution is -0.137.